The quantitative estimate of drug-likeness (QED) is 0.703. The summed E-state index contributed by atoms with van der Waals surface area (Å²) in [6, 6.07) is 15.7. The molecule has 0 fully saturated rings. The van der Waals surface area contributed by atoms with Crippen molar-refractivity contribution in [3.05, 3.63) is 64.7 Å². The zero-order chi connectivity index (χ0) is 17.4. The van der Waals surface area contributed by atoms with Crippen LogP contribution in [0.25, 0.3) is 0 Å². The molecule has 3 nitrogen and oxygen atoms in total. The predicted octanol–water partition coefficient (Wildman–Crippen LogP) is 4.47. The molecule has 5 heteroatoms. The molecule has 2 aromatic carbocycles. The summed E-state index contributed by atoms with van der Waals surface area (Å²) in [7, 11) is 0. The number of benzene rings is 2. The molecular weight excluding hydrogens is 342 g/mol. The number of ether oxygens (including phenoxy) is 1. The lowest BCUT2D eigenvalue weighted by Gasteiger charge is -2.13. The number of hydrogen-bond acceptors (Lipinski definition) is 3. The summed E-state index contributed by atoms with van der Waals surface area (Å²) in [4.78, 5) is 12.1. The molecule has 24 heavy (non-hydrogen) atoms. The number of hydrogen-bond donors (Lipinski definition) is 1. The average molecular weight is 364 g/mol. The maximum Gasteiger partial charge on any atom is 0.232 e. The summed E-state index contributed by atoms with van der Waals surface area (Å²) in [5, 5.41) is 3.48. The highest BCUT2D eigenvalue weighted by Crippen LogP contribution is 2.21. The van der Waals surface area contributed by atoms with E-state index in [-0.39, 0.29) is 11.2 Å². The van der Waals surface area contributed by atoms with Gasteiger partial charge in [0, 0.05) is 10.8 Å². The van der Waals surface area contributed by atoms with E-state index in [4.69, 9.17) is 16.3 Å². The average Bonchev–Trinajstić information content (AvgIpc) is 2.60. The van der Waals surface area contributed by atoms with E-state index in [1.165, 1.54) is 5.56 Å². The van der Waals surface area contributed by atoms with Gasteiger partial charge in [-0.1, -0.05) is 48.0 Å². The third-order valence-electron chi connectivity index (χ3n) is 3.53. The molecule has 2 aromatic rings. The second kappa shape index (κ2) is 9.60. The number of amides is 1. The number of carbonyl (C=O) groups is 1. The molecule has 0 unspecified atom stereocenters. The Balaban J connectivity index is 1.66. The van der Waals surface area contributed by atoms with E-state index < -0.39 is 0 Å². The molecule has 128 valence electrons. The van der Waals surface area contributed by atoms with Crippen LogP contribution in [0, 0.1) is 6.92 Å². The van der Waals surface area contributed by atoms with Crippen LogP contribution in [0.4, 0.5) is 0 Å². The minimum Gasteiger partial charge on any atom is -0.492 e. The van der Waals surface area contributed by atoms with E-state index >= 15 is 0 Å². The van der Waals surface area contributed by atoms with Gasteiger partial charge in [0.25, 0.3) is 0 Å². The van der Waals surface area contributed by atoms with Crippen LogP contribution in [0.15, 0.2) is 48.5 Å². The van der Waals surface area contributed by atoms with Gasteiger partial charge in [0.15, 0.2) is 0 Å². The van der Waals surface area contributed by atoms with Crippen LogP contribution in [-0.2, 0) is 10.5 Å². The monoisotopic (exact) mass is 363 g/mol. The molecule has 0 saturated heterocycles. The second-order valence-electron chi connectivity index (χ2n) is 5.49. The summed E-state index contributed by atoms with van der Waals surface area (Å²) in [6.07, 6.45) is 0. The van der Waals surface area contributed by atoms with Crippen LogP contribution >= 0.6 is 23.4 Å². The van der Waals surface area contributed by atoms with E-state index in [2.05, 4.69) is 17.4 Å². The lowest BCUT2D eigenvalue weighted by atomic mass is 10.2. The Kier molecular flexibility index (Phi) is 7.47. The fraction of sp³-hybridized carbons (Fsp3) is 0.316. The number of halogens is 1. The molecule has 0 aromatic heterocycles. The topological polar surface area (TPSA) is 38.3 Å². The van der Waals surface area contributed by atoms with Gasteiger partial charge in [0.2, 0.25) is 5.91 Å². The fourth-order valence-electron chi connectivity index (χ4n) is 2.02. The highest BCUT2D eigenvalue weighted by atomic mass is 35.5. The van der Waals surface area contributed by atoms with Crippen LogP contribution in [0.1, 0.15) is 18.1 Å². The van der Waals surface area contributed by atoms with Crippen LogP contribution in [0.3, 0.4) is 0 Å². The van der Waals surface area contributed by atoms with Crippen molar-refractivity contribution >= 4 is 29.3 Å². The van der Waals surface area contributed by atoms with Crippen molar-refractivity contribution in [1.29, 1.82) is 0 Å². The Morgan fingerprint density at radius 3 is 2.71 bits per heavy atom. The number of carbonyl (C=O) groups excluding carboxylic acids is 1. The van der Waals surface area contributed by atoms with Crippen molar-refractivity contribution < 1.29 is 9.53 Å². The fourth-order valence-corrected chi connectivity index (χ4v) is 3.06. The minimum atomic E-state index is -0.0981. The van der Waals surface area contributed by atoms with Gasteiger partial charge >= 0.3 is 0 Å². The normalized spacial score (nSPS) is 11.8. The molecule has 1 atom stereocenters. The van der Waals surface area contributed by atoms with Crippen molar-refractivity contribution in [1.82, 2.24) is 5.32 Å². The number of aryl methyl sites for hydroxylation is 1. The predicted molar refractivity (Wildman–Crippen MR) is 102 cm³/mol. The van der Waals surface area contributed by atoms with Gasteiger partial charge in [-0.2, -0.15) is 0 Å². The standard InChI is InChI=1S/C19H22ClNO2S/c1-14-8-9-17(12-18(14)20)23-11-10-21-19(22)15(2)24-13-16-6-4-3-5-7-16/h3-9,12,15H,10-11,13H2,1-2H3,(H,21,22)/t15-/m1/s1. The van der Waals surface area contributed by atoms with Gasteiger partial charge < -0.3 is 10.1 Å². The van der Waals surface area contributed by atoms with Crippen LogP contribution in [-0.4, -0.2) is 24.3 Å². The summed E-state index contributed by atoms with van der Waals surface area (Å²) in [5.41, 5.74) is 2.24. The first-order valence-electron chi connectivity index (χ1n) is 7.88. The van der Waals surface area contributed by atoms with E-state index in [1.807, 2.05) is 44.2 Å². The molecule has 0 aliphatic heterocycles. The highest BCUT2D eigenvalue weighted by Gasteiger charge is 2.12. The summed E-state index contributed by atoms with van der Waals surface area (Å²) >= 11 is 7.68. The van der Waals surface area contributed by atoms with Crippen LogP contribution in [0.2, 0.25) is 5.02 Å². The second-order valence-corrected chi connectivity index (χ2v) is 7.23. The molecular formula is C19H22ClNO2S. The lowest BCUT2D eigenvalue weighted by Crippen LogP contribution is -2.34. The Labute approximate surface area is 152 Å². The molecule has 0 heterocycles. The zero-order valence-corrected chi connectivity index (χ0v) is 15.5. The first-order valence-corrected chi connectivity index (χ1v) is 9.31. The van der Waals surface area contributed by atoms with Crippen molar-refractivity contribution in [2.75, 3.05) is 13.2 Å². The van der Waals surface area contributed by atoms with Gasteiger partial charge in [-0.25, -0.2) is 0 Å². The van der Waals surface area contributed by atoms with Crippen molar-refractivity contribution in [3.8, 4) is 5.75 Å². The van der Waals surface area contributed by atoms with E-state index in [0.717, 1.165) is 11.3 Å². The first kappa shape index (κ1) is 18.7. The molecule has 0 spiro atoms. The Hall–Kier alpha value is -1.65. The highest BCUT2D eigenvalue weighted by molar-refractivity contribution is 7.99. The maximum atomic E-state index is 12.1. The van der Waals surface area contributed by atoms with Gasteiger partial charge in [-0.05, 0) is 37.1 Å². The summed E-state index contributed by atoms with van der Waals surface area (Å²) < 4.78 is 5.60. The Morgan fingerprint density at radius 1 is 1.25 bits per heavy atom. The molecule has 0 bridgehead atoms. The third-order valence-corrected chi connectivity index (χ3v) is 5.15. The van der Waals surface area contributed by atoms with Crippen LogP contribution in [0.5, 0.6) is 5.75 Å². The van der Waals surface area contributed by atoms with Gasteiger partial charge in [0.1, 0.15) is 12.4 Å². The van der Waals surface area contributed by atoms with Crippen LogP contribution < -0.4 is 10.1 Å². The van der Waals surface area contributed by atoms with Crippen molar-refractivity contribution in [2.24, 2.45) is 0 Å². The number of nitrogens with one attached hydrogen (secondary N) is 1. The number of thioether (sulfide) groups is 1. The Morgan fingerprint density at radius 2 is 2.00 bits per heavy atom. The lowest BCUT2D eigenvalue weighted by molar-refractivity contribution is -0.120. The van der Waals surface area contributed by atoms with E-state index in [9.17, 15) is 4.79 Å². The molecule has 1 N–H and O–H groups in total. The minimum absolute atomic E-state index is 0.0291. The van der Waals surface area contributed by atoms with Crippen molar-refractivity contribution in [3.63, 3.8) is 0 Å². The molecule has 2 rings (SSSR count). The smallest absolute Gasteiger partial charge is 0.232 e. The SMILES string of the molecule is Cc1ccc(OCCNC(=O)[C@@H](C)SCc2ccccc2)cc1Cl. The van der Waals surface area contributed by atoms with Gasteiger partial charge in [-0.15, -0.1) is 11.8 Å². The van der Waals surface area contributed by atoms with Crippen molar-refractivity contribution in [2.45, 2.75) is 24.9 Å². The Bertz CT molecular complexity index is 664. The molecule has 0 aliphatic rings. The van der Waals surface area contributed by atoms with Gasteiger partial charge in [-0.3, -0.25) is 4.79 Å². The zero-order valence-electron chi connectivity index (χ0n) is 13.9. The summed E-state index contributed by atoms with van der Waals surface area (Å²) in [6.45, 7) is 4.76. The maximum absolute atomic E-state index is 12.1. The van der Waals surface area contributed by atoms with E-state index in [1.54, 1.807) is 17.8 Å². The molecule has 1 amide bonds. The third kappa shape index (κ3) is 6.10. The summed E-state index contributed by atoms with van der Waals surface area (Å²) in [5.74, 6) is 1.57. The molecule has 0 saturated carbocycles. The van der Waals surface area contributed by atoms with Gasteiger partial charge in [0.05, 0.1) is 11.8 Å². The number of rotatable bonds is 8. The molecule has 0 radical (unpaired) electrons. The largest absolute Gasteiger partial charge is 0.492 e. The first-order chi connectivity index (χ1) is 11.6. The van der Waals surface area contributed by atoms with E-state index in [0.29, 0.717) is 23.9 Å². The molecule has 0 aliphatic carbocycles.